The molecular weight excluding hydrogens is 286 g/mol. The van der Waals surface area contributed by atoms with E-state index in [9.17, 15) is 4.79 Å². The van der Waals surface area contributed by atoms with Crippen molar-refractivity contribution >= 4 is 11.6 Å². The Balaban J connectivity index is 1.51. The first-order chi connectivity index (χ1) is 11.3. The second kappa shape index (κ2) is 5.73. The van der Waals surface area contributed by atoms with E-state index in [2.05, 4.69) is 30.3 Å². The molecule has 23 heavy (non-hydrogen) atoms. The molecule has 3 heteroatoms. The van der Waals surface area contributed by atoms with Crippen molar-refractivity contribution in [1.82, 2.24) is 0 Å². The Bertz CT molecular complexity index is 723. The normalized spacial score (nSPS) is 22.4. The first-order valence-electron chi connectivity index (χ1n) is 8.31. The van der Waals surface area contributed by atoms with E-state index >= 15 is 0 Å². The van der Waals surface area contributed by atoms with Gasteiger partial charge in [0.05, 0.1) is 7.11 Å². The van der Waals surface area contributed by atoms with Crippen LogP contribution in [0.25, 0.3) is 0 Å². The van der Waals surface area contributed by atoms with Crippen LogP contribution < -0.4 is 9.64 Å². The van der Waals surface area contributed by atoms with Crippen molar-refractivity contribution in [2.45, 2.75) is 25.2 Å². The van der Waals surface area contributed by atoms with E-state index in [1.165, 1.54) is 11.1 Å². The van der Waals surface area contributed by atoms with Gasteiger partial charge in [0.1, 0.15) is 5.75 Å². The fourth-order valence-corrected chi connectivity index (χ4v) is 3.65. The maximum atomic E-state index is 12.9. The van der Waals surface area contributed by atoms with Crippen LogP contribution in [0.5, 0.6) is 5.75 Å². The van der Waals surface area contributed by atoms with Gasteiger partial charge >= 0.3 is 0 Å². The molecule has 2 aromatic carbocycles. The van der Waals surface area contributed by atoms with E-state index < -0.39 is 0 Å². The van der Waals surface area contributed by atoms with Gasteiger partial charge in [0.2, 0.25) is 5.91 Å². The van der Waals surface area contributed by atoms with Gasteiger partial charge in [-0.15, -0.1) is 0 Å². The third kappa shape index (κ3) is 2.61. The molecule has 2 aromatic rings. The van der Waals surface area contributed by atoms with Gasteiger partial charge in [0, 0.05) is 18.2 Å². The van der Waals surface area contributed by atoms with Crippen molar-refractivity contribution in [3.05, 3.63) is 59.7 Å². The van der Waals surface area contributed by atoms with E-state index in [1.807, 2.05) is 23.1 Å². The number of methoxy groups -OCH3 is 1. The number of hydrogen-bond donors (Lipinski definition) is 0. The summed E-state index contributed by atoms with van der Waals surface area (Å²) in [6.07, 6.45) is 3.10. The standard InChI is InChI=1S/C20H21NO2/c1-23-16-10-8-14(9-11-16)17-13-18(17)20(22)21-12-4-6-15-5-2-3-7-19(15)21/h2-3,5,7-11,17-18H,4,6,12-13H2,1H3. The molecule has 2 aliphatic rings. The molecule has 3 nitrogen and oxygen atoms in total. The molecule has 4 rings (SSSR count). The Labute approximate surface area is 136 Å². The quantitative estimate of drug-likeness (QED) is 0.863. The van der Waals surface area contributed by atoms with Crippen LogP contribution in [0.15, 0.2) is 48.5 Å². The molecule has 1 heterocycles. The van der Waals surface area contributed by atoms with Crippen LogP contribution in [-0.4, -0.2) is 19.6 Å². The zero-order valence-corrected chi connectivity index (χ0v) is 13.4. The van der Waals surface area contributed by atoms with Crippen molar-refractivity contribution in [2.24, 2.45) is 5.92 Å². The van der Waals surface area contributed by atoms with Crippen molar-refractivity contribution in [1.29, 1.82) is 0 Å². The SMILES string of the molecule is COc1ccc(C2CC2C(=O)N2CCCc3ccccc32)cc1. The number of rotatable bonds is 3. The minimum atomic E-state index is 0.134. The van der Waals surface area contributed by atoms with Gasteiger partial charge in [-0.05, 0) is 54.5 Å². The Hall–Kier alpha value is -2.29. The number of hydrogen-bond acceptors (Lipinski definition) is 2. The lowest BCUT2D eigenvalue weighted by Gasteiger charge is -2.29. The summed E-state index contributed by atoms with van der Waals surface area (Å²) in [6.45, 7) is 0.849. The molecular formula is C20H21NO2. The monoisotopic (exact) mass is 307 g/mol. The van der Waals surface area contributed by atoms with Crippen LogP contribution >= 0.6 is 0 Å². The molecule has 0 spiro atoms. The first kappa shape index (κ1) is 14.3. The molecule has 2 atom stereocenters. The number of aryl methyl sites for hydroxylation is 1. The van der Waals surface area contributed by atoms with E-state index in [0.29, 0.717) is 5.92 Å². The summed E-state index contributed by atoms with van der Waals surface area (Å²) < 4.78 is 5.20. The summed E-state index contributed by atoms with van der Waals surface area (Å²) in [7, 11) is 1.67. The Kier molecular flexibility index (Phi) is 3.56. The number of para-hydroxylation sites is 1. The number of anilines is 1. The van der Waals surface area contributed by atoms with Gasteiger partial charge in [0.15, 0.2) is 0 Å². The van der Waals surface area contributed by atoms with Crippen LogP contribution in [0.1, 0.15) is 29.9 Å². The highest BCUT2D eigenvalue weighted by molar-refractivity contribution is 5.98. The maximum absolute atomic E-state index is 12.9. The fourth-order valence-electron chi connectivity index (χ4n) is 3.65. The molecule has 1 saturated carbocycles. The molecule has 1 aliphatic carbocycles. The third-order valence-corrected chi connectivity index (χ3v) is 5.03. The highest BCUT2D eigenvalue weighted by Crippen LogP contribution is 2.49. The second-order valence-electron chi connectivity index (χ2n) is 6.44. The summed E-state index contributed by atoms with van der Waals surface area (Å²) in [5, 5.41) is 0. The third-order valence-electron chi connectivity index (χ3n) is 5.03. The van der Waals surface area contributed by atoms with Crippen LogP contribution in [0.3, 0.4) is 0 Å². The van der Waals surface area contributed by atoms with Gasteiger partial charge in [-0.2, -0.15) is 0 Å². The van der Waals surface area contributed by atoms with Gasteiger partial charge < -0.3 is 9.64 Å². The van der Waals surface area contributed by atoms with Crippen LogP contribution in [0.4, 0.5) is 5.69 Å². The van der Waals surface area contributed by atoms with Gasteiger partial charge in [0.25, 0.3) is 0 Å². The van der Waals surface area contributed by atoms with Gasteiger partial charge in [-0.3, -0.25) is 4.79 Å². The molecule has 1 amide bonds. The molecule has 0 radical (unpaired) electrons. The van der Waals surface area contributed by atoms with Crippen LogP contribution in [0.2, 0.25) is 0 Å². The highest BCUT2D eigenvalue weighted by atomic mass is 16.5. The van der Waals surface area contributed by atoms with Crippen molar-refractivity contribution in [3.63, 3.8) is 0 Å². The summed E-state index contributed by atoms with van der Waals surface area (Å²) in [5.74, 6) is 1.65. The number of carbonyl (C=O) groups excluding carboxylic acids is 1. The fraction of sp³-hybridized carbons (Fsp3) is 0.350. The number of amides is 1. The number of fused-ring (bicyclic) bond motifs is 1. The average Bonchev–Trinajstić information content (AvgIpc) is 3.41. The Morgan fingerprint density at radius 1 is 1.13 bits per heavy atom. The topological polar surface area (TPSA) is 29.5 Å². The van der Waals surface area contributed by atoms with Crippen molar-refractivity contribution < 1.29 is 9.53 Å². The number of carbonyl (C=O) groups is 1. The summed E-state index contributed by atoms with van der Waals surface area (Å²) in [5.41, 5.74) is 3.66. The Morgan fingerprint density at radius 3 is 2.70 bits per heavy atom. The molecule has 0 saturated heterocycles. The predicted octanol–water partition coefficient (Wildman–Crippen LogP) is 3.78. The molecule has 118 valence electrons. The van der Waals surface area contributed by atoms with E-state index in [1.54, 1.807) is 7.11 Å². The zero-order chi connectivity index (χ0) is 15.8. The lowest BCUT2D eigenvalue weighted by molar-refractivity contribution is -0.120. The summed E-state index contributed by atoms with van der Waals surface area (Å²) >= 11 is 0. The molecule has 0 bridgehead atoms. The largest absolute Gasteiger partial charge is 0.497 e. The lowest BCUT2D eigenvalue weighted by atomic mass is 10.0. The van der Waals surface area contributed by atoms with Gasteiger partial charge in [-0.1, -0.05) is 30.3 Å². The molecule has 0 N–H and O–H groups in total. The number of ether oxygens (including phenoxy) is 1. The summed E-state index contributed by atoms with van der Waals surface area (Å²) in [4.78, 5) is 14.9. The minimum absolute atomic E-state index is 0.134. The molecule has 2 unspecified atom stereocenters. The zero-order valence-electron chi connectivity index (χ0n) is 13.4. The predicted molar refractivity (Wildman–Crippen MR) is 91.0 cm³/mol. The van der Waals surface area contributed by atoms with Crippen molar-refractivity contribution in [2.75, 3.05) is 18.6 Å². The van der Waals surface area contributed by atoms with Crippen LogP contribution in [0, 0.1) is 5.92 Å². The Morgan fingerprint density at radius 2 is 1.91 bits per heavy atom. The van der Waals surface area contributed by atoms with E-state index in [0.717, 1.165) is 37.2 Å². The average molecular weight is 307 g/mol. The van der Waals surface area contributed by atoms with Gasteiger partial charge in [-0.25, -0.2) is 0 Å². The van der Waals surface area contributed by atoms with Crippen LogP contribution in [-0.2, 0) is 11.2 Å². The number of benzene rings is 2. The lowest BCUT2D eigenvalue weighted by Crippen LogP contribution is -2.36. The smallest absolute Gasteiger partial charge is 0.230 e. The summed E-state index contributed by atoms with van der Waals surface area (Å²) in [6, 6.07) is 16.4. The molecule has 1 aliphatic heterocycles. The second-order valence-corrected chi connectivity index (χ2v) is 6.44. The minimum Gasteiger partial charge on any atom is -0.497 e. The maximum Gasteiger partial charge on any atom is 0.230 e. The highest BCUT2D eigenvalue weighted by Gasteiger charge is 2.46. The molecule has 0 aromatic heterocycles. The molecule has 1 fully saturated rings. The van der Waals surface area contributed by atoms with E-state index in [4.69, 9.17) is 4.74 Å². The first-order valence-corrected chi connectivity index (χ1v) is 8.31. The van der Waals surface area contributed by atoms with Crippen molar-refractivity contribution in [3.8, 4) is 5.75 Å². The number of nitrogens with zero attached hydrogens (tertiary/aromatic N) is 1. The van der Waals surface area contributed by atoms with E-state index in [-0.39, 0.29) is 11.8 Å².